The highest BCUT2D eigenvalue weighted by atomic mass is 32.1. The molecule has 0 aromatic carbocycles. The summed E-state index contributed by atoms with van der Waals surface area (Å²) in [7, 11) is 0. The van der Waals surface area contributed by atoms with Gasteiger partial charge < -0.3 is 11.1 Å². The summed E-state index contributed by atoms with van der Waals surface area (Å²) < 4.78 is 0. The molecule has 0 aliphatic heterocycles. The van der Waals surface area contributed by atoms with E-state index in [9.17, 15) is 4.79 Å². The van der Waals surface area contributed by atoms with Crippen LogP contribution in [-0.4, -0.2) is 22.4 Å². The molecule has 1 fully saturated rings. The van der Waals surface area contributed by atoms with Crippen molar-refractivity contribution in [2.45, 2.75) is 19.3 Å². The fourth-order valence-corrected chi connectivity index (χ4v) is 2.05. The number of rotatable bonds is 5. The third-order valence-electron chi connectivity index (χ3n) is 3.10. The number of amides is 1. The Morgan fingerprint density at radius 1 is 1.47 bits per heavy atom. The Morgan fingerprint density at radius 3 is 2.65 bits per heavy atom. The van der Waals surface area contributed by atoms with Crippen molar-refractivity contribution < 1.29 is 4.79 Å². The fourth-order valence-electron chi connectivity index (χ4n) is 1.75. The van der Waals surface area contributed by atoms with Crippen molar-refractivity contribution in [3.05, 3.63) is 30.1 Å². The minimum absolute atomic E-state index is 0.0287. The highest BCUT2D eigenvalue weighted by Gasteiger charge is 2.52. The van der Waals surface area contributed by atoms with Crippen molar-refractivity contribution >= 4 is 23.1 Å². The maximum atomic E-state index is 11.9. The van der Waals surface area contributed by atoms with Gasteiger partial charge in [-0.3, -0.25) is 9.78 Å². The lowest BCUT2D eigenvalue weighted by molar-refractivity contribution is -0.123. The van der Waals surface area contributed by atoms with E-state index in [1.54, 1.807) is 12.4 Å². The van der Waals surface area contributed by atoms with Gasteiger partial charge in [0.15, 0.2) is 0 Å². The molecule has 90 valence electrons. The summed E-state index contributed by atoms with van der Waals surface area (Å²) in [5.41, 5.74) is 6.18. The lowest BCUT2D eigenvalue weighted by atomic mass is 10.1. The number of thiocarbonyl (C=S) groups is 1. The molecule has 1 heterocycles. The van der Waals surface area contributed by atoms with E-state index in [0.717, 1.165) is 24.8 Å². The summed E-state index contributed by atoms with van der Waals surface area (Å²) in [6.45, 7) is 0.604. The fraction of sp³-hybridized carbons (Fsp3) is 0.417. The normalized spacial score (nSPS) is 16.2. The Morgan fingerprint density at radius 2 is 2.12 bits per heavy atom. The van der Waals surface area contributed by atoms with Crippen LogP contribution in [0.25, 0.3) is 0 Å². The van der Waals surface area contributed by atoms with Crippen LogP contribution < -0.4 is 11.1 Å². The monoisotopic (exact) mass is 249 g/mol. The van der Waals surface area contributed by atoms with Crippen molar-refractivity contribution in [1.82, 2.24) is 10.3 Å². The van der Waals surface area contributed by atoms with Gasteiger partial charge in [-0.05, 0) is 37.0 Å². The molecule has 1 saturated carbocycles. The Bertz CT molecular complexity index is 429. The number of hydrogen-bond donors (Lipinski definition) is 2. The van der Waals surface area contributed by atoms with Crippen molar-refractivity contribution in [2.24, 2.45) is 11.1 Å². The van der Waals surface area contributed by atoms with Gasteiger partial charge in [-0.15, -0.1) is 0 Å². The summed E-state index contributed by atoms with van der Waals surface area (Å²) in [5.74, 6) is -0.0287. The van der Waals surface area contributed by atoms with Gasteiger partial charge in [0.2, 0.25) is 5.91 Å². The number of carbonyl (C=O) groups excluding carboxylic acids is 1. The van der Waals surface area contributed by atoms with Crippen LogP contribution in [0.15, 0.2) is 24.5 Å². The molecule has 1 aromatic heterocycles. The van der Waals surface area contributed by atoms with Gasteiger partial charge in [0.05, 0.1) is 10.4 Å². The van der Waals surface area contributed by atoms with E-state index in [-0.39, 0.29) is 5.91 Å². The predicted octanol–water partition coefficient (Wildman–Crippen LogP) is 0.807. The maximum absolute atomic E-state index is 11.9. The Hall–Kier alpha value is -1.49. The van der Waals surface area contributed by atoms with Gasteiger partial charge >= 0.3 is 0 Å². The SMILES string of the molecule is NC(=S)C1(C(=O)NCCc2ccncc2)CC1. The zero-order valence-electron chi connectivity index (χ0n) is 9.48. The third kappa shape index (κ3) is 2.61. The first-order chi connectivity index (χ1) is 8.15. The molecule has 0 radical (unpaired) electrons. The molecule has 0 unspecified atom stereocenters. The molecule has 1 amide bonds. The van der Waals surface area contributed by atoms with E-state index in [1.165, 1.54) is 0 Å². The Balaban J connectivity index is 1.80. The van der Waals surface area contributed by atoms with Gasteiger partial charge in [-0.2, -0.15) is 0 Å². The summed E-state index contributed by atoms with van der Waals surface area (Å²) >= 11 is 4.92. The number of nitrogens with two attached hydrogens (primary N) is 1. The zero-order chi connectivity index (χ0) is 12.3. The largest absolute Gasteiger partial charge is 0.392 e. The molecule has 5 heteroatoms. The second kappa shape index (κ2) is 4.79. The molecule has 2 rings (SSSR count). The van der Waals surface area contributed by atoms with Gasteiger partial charge in [-0.25, -0.2) is 0 Å². The quantitative estimate of drug-likeness (QED) is 0.758. The molecule has 1 aliphatic carbocycles. The Kier molecular flexibility index (Phi) is 3.38. The molecule has 0 bridgehead atoms. The third-order valence-corrected chi connectivity index (χ3v) is 3.50. The van der Waals surface area contributed by atoms with Crippen molar-refractivity contribution in [1.29, 1.82) is 0 Å². The van der Waals surface area contributed by atoms with Gasteiger partial charge in [-0.1, -0.05) is 12.2 Å². The van der Waals surface area contributed by atoms with E-state index in [4.69, 9.17) is 18.0 Å². The number of nitrogens with zero attached hydrogens (tertiary/aromatic N) is 1. The maximum Gasteiger partial charge on any atom is 0.233 e. The molecule has 3 N–H and O–H groups in total. The first-order valence-corrected chi connectivity index (χ1v) is 6.03. The molecule has 17 heavy (non-hydrogen) atoms. The summed E-state index contributed by atoms with van der Waals surface area (Å²) in [6.07, 6.45) is 5.84. The molecular formula is C12H15N3OS. The molecular weight excluding hydrogens is 234 g/mol. The van der Waals surface area contributed by atoms with Gasteiger partial charge in [0.1, 0.15) is 0 Å². The van der Waals surface area contributed by atoms with Gasteiger partial charge in [0, 0.05) is 18.9 Å². The predicted molar refractivity (Wildman–Crippen MR) is 69.4 cm³/mol. The molecule has 1 aromatic rings. The van der Waals surface area contributed by atoms with Crippen molar-refractivity contribution in [3.63, 3.8) is 0 Å². The highest BCUT2D eigenvalue weighted by Crippen LogP contribution is 2.46. The van der Waals surface area contributed by atoms with E-state index < -0.39 is 5.41 Å². The Labute approximate surface area is 106 Å². The smallest absolute Gasteiger partial charge is 0.233 e. The van der Waals surface area contributed by atoms with Crippen LogP contribution in [0.1, 0.15) is 18.4 Å². The van der Waals surface area contributed by atoms with Crippen LogP contribution in [0.5, 0.6) is 0 Å². The van der Waals surface area contributed by atoms with E-state index >= 15 is 0 Å². The van der Waals surface area contributed by atoms with Crippen LogP contribution in [0.3, 0.4) is 0 Å². The van der Waals surface area contributed by atoms with Crippen LogP contribution in [0.2, 0.25) is 0 Å². The number of hydrogen-bond acceptors (Lipinski definition) is 3. The van der Waals surface area contributed by atoms with E-state index in [0.29, 0.717) is 11.5 Å². The minimum Gasteiger partial charge on any atom is -0.392 e. The van der Waals surface area contributed by atoms with Crippen LogP contribution in [0.4, 0.5) is 0 Å². The summed E-state index contributed by atoms with van der Waals surface area (Å²) in [4.78, 5) is 16.1. The average Bonchev–Trinajstić information content (AvgIpc) is 3.11. The molecule has 0 spiro atoms. The zero-order valence-corrected chi connectivity index (χ0v) is 10.3. The second-order valence-corrected chi connectivity index (χ2v) is 4.75. The van der Waals surface area contributed by atoms with Crippen molar-refractivity contribution in [2.75, 3.05) is 6.54 Å². The average molecular weight is 249 g/mol. The van der Waals surface area contributed by atoms with Crippen LogP contribution >= 0.6 is 12.2 Å². The number of carbonyl (C=O) groups is 1. The van der Waals surface area contributed by atoms with Crippen molar-refractivity contribution in [3.8, 4) is 0 Å². The lowest BCUT2D eigenvalue weighted by Gasteiger charge is -2.13. The van der Waals surface area contributed by atoms with E-state index in [1.807, 2.05) is 12.1 Å². The highest BCUT2D eigenvalue weighted by molar-refractivity contribution is 7.80. The van der Waals surface area contributed by atoms with Crippen LogP contribution in [0, 0.1) is 5.41 Å². The first-order valence-electron chi connectivity index (χ1n) is 5.62. The number of aromatic nitrogens is 1. The molecule has 0 atom stereocenters. The number of pyridine rings is 1. The summed E-state index contributed by atoms with van der Waals surface area (Å²) in [6, 6.07) is 3.87. The molecule has 1 aliphatic rings. The summed E-state index contributed by atoms with van der Waals surface area (Å²) in [5, 5.41) is 2.89. The second-order valence-electron chi connectivity index (χ2n) is 4.31. The van der Waals surface area contributed by atoms with E-state index in [2.05, 4.69) is 10.3 Å². The number of nitrogens with one attached hydrogen (secondary N) is 1. The standard InChI is InChI=1S/C12H15N3OS/c13-10(17)12(4-5-12)11(16)15-8-3-9-1-6-14-7-2-9/h1-2,6-7H,3-5,8H2,(H2,13,17)(H,15,16). The minimum atomic E-state index is -0.548. The topological polar surface area (TPSA) is 68.0 Å². The van der Waals surface area contributed by atoms with Crippen LogP contribution in [-0.2, 0) is 11.2 Å². The first kappa shape index (κ1) is 12.0. The lowest BCUT2D eigenvalue weighted by Crippen LogP contribution is -2.40. The van der Waals surface area contributed by atoms with Gasteiger partial charge in [0.25, 0.3) is 0 Å². The molecule has 4 nitrogen and oxygen atoms in total. The molecule has 0 saturated heterocycles.